The van der Waals surface area contributed by atoms with Crippen molar-refractivity contribution in [1.82, 2.24) is 10.3 Å². The van der Waals surface area contributed by atoms with Gasteiger partial charge in [0.05, 0.1) is 19.9 Å². The fourth-order valence-corrected chi connectivity index (χ4v) is 1.40. The molecule has 0 aromatic carbocycles. The lowest BCUT2D eigenvalue weighted by Gasteiger charge is -2.13. The molecule has 0 fully saturated rings. The number of aliphatic hydroxyl groups is 1. The summed E-state index contributed by atoms with van der Waals surface area (Å²) in [6.07, 6.45) is -2.93. The molecule has 1 aromatic heterocycles. The first-order valence-corrected chi connectivity index (χ1v) is 5.33. The van der Waals surface area contributed by atoms with E-state index in [1.54, 1.807) is 6.07 Å². The molecule has 0 aliphatic carbocycles. The van der Waals surface area contributed by atoms with Crippen LogP contribution in [0.15, 0.2) is 12.3 Å². The van der Waals surface area contributed by atoms with Gasteiger partial charge in [0.15, 0.2) is 11.5 Å². The van der Waals surface area contributed by atoms with Crippen molar-refractivity contribution in [3.8, 4) is 11.5 Å². The van der Waals surface area contributed by atoms with E-state index in [1.165, 1.54) is 20.4 Å². The largest absolute Gasteiger partial charge is 0.493 e. The van der Waals surface area contributed by atoms with E-state index in [-0.39, 0.29) is 13.1 Å². The van der Waals surface area contributed by atoms with E-state index >= 15 is 0 Å². The third-order valence-electron chi connectivity index (χ3n) is 2.30. The molecule has 2 N–H and O–H groups in total. The number of methoxy groups -OCH3 is 2. The van der Waals surface area contributed by atoms with Crippen LogP contribution >= 0.6 is 0 Å². The average molecular weight is 262 g/mol. The van der Waals surface area contributed by atoms with Gasteiger partial charge in [-0.1, -0.05) is 0 Å². The van der Waals surface area contributed by atoms with E-state index < -0.39 is 12.5 Å². The van der Waals surface area contributed by atoms with Crippen LogP contribution in [-0.4, -0.2) is 43.4 Å². The average Bonchev–Trinajstić information content (AvgIpc) is 2.37. The van der Waals surface area contributed by atoms with Crippen LogP contribution in [-0.2, 0) is 6.54 Å². The number of ether oxygens (including phenoxy) is 2. The van der Waals surface area contributed by atoms with Crippen LogP contribution in [0.4, 0.5) is 8.78 Å². The molecule has 1 heterocycles. The summed E-state index contributed by atoms with van der Waals surface area (Å²) < 4.78 is 34.4. The maximum absolute atomic E-state index is 12.1. The van der Waals surface area contributed by atoms with Gasteiger partial charge in [0.25, 0.3) is 6.43 Å². The molecule has 0 radical (unpaired) electrons. The Morgan fingerprint density at radius 1 is 1.39 bits per heavy atom. The van der Waals surface area contributed by atoms with Crippen molar-refractivity contribution in [3.63, 3.8) is 0 Å². The predicted molar refractivity (Wildman–Crippen MR) is 61.1 cm³/mol. The maximum atomic E-state index is 12.1. The molecule has 0 saturated carbocycles. The van der Waals surface area contributed by atoms with Gasteiger partial charge in [-0.05, 0) is 0 Å². The Hall–Kier alpha value is -1.47. The highest BCUT2D eigenvalue weighted by atomic mass is 19.3. The minimum absolute atomic E-state index is 0.199. The summed E-state index contributed by atoms with van der Waals surface area (Å²) in [6, 6.07) is 1.64. The minimum atomic E-state index is -2.77. The first kappa shape index (κ1) is 14.6. The van der Waals surface area contributed by atoms with Crippen molar-refractivity contribution in [2.75, 3.05) is 20.8 Å². The molecule has 7 heteroatoms. The zero-order valence-corrected chi connectivity index (χ0v) is 10.2. The van der Waals surface area contributed by atoms with Gasteiger partial charge in [-0.2, -0.15) is 0 Å². The van der Waals surface area contributed by atoms with Gasteiger partial charge in [0.2, 0.25) is 0 Å². The molecule has 1 atom stereocenters. The second kappa shape index (κ2) is 7.07. The van der Waals surface area contributed by atoms with E-state index in [0.29, 0.717) is 17.2 Å². The molecule has 0 bridgehead atoms. The molecule has 0 saturated heterocycles. The van der Waals surface area contributed by atoms with Gasteiger partial charge in [-0.15, -0.1) is 0 Å². The van der Waals surface area contributed by atoms with Crippen molar-refractivity contribution < 1.29 is 23.4 Å². The highest BCUT2D eigenvalue weighted by Gasteiger charge is 2.17. The molecular weight excluding hydrogens is 246 g/mol. The lowest BCUT2D eigenvalue weighted by Crippen LogP contribution is -2.32. The number of hydrogen-bond acceptors (Lipinski definition) is 5. The molecule has 0 spiro atoms. The molecule has 0 aliphatic heterocycles. The topological polar surface area (TPSA) is 63.6 Å². The van der Waals surface area contributed by atoms with Crippen molar-refractivity contribution >= 4 is 0 Å². The third kappa shape index (κ3) is 3.78. The summed E-state index contributed by atoms with van der Waals surface area (Å²) in [5, 5.41) is 11.6. The molecule has 102 valence electrons. The van der Waals surface area contributed by atoms with Crippen molar-refractivity contribution in [2.45, 2.75) is 19.1 Å². The van der Waals surface area contributed by atoms with Gasteiger partial charge < -0.3 is 19.9 Å². The molecule has 1 unspecified atom stereocenters. The molecule has 1 aromatic rings. The van der Waals surface area contributed by atoms with Crippen LogP contribution in [0.2, 0.25) is 0 Å². The molecule has 0 aliphatic rings. The molecule has 1 rings (SSSR count). The summed E-state index contributed by atoms with van der Waals surface area (Å²) in [4.78, 5) is 4.06. The standard InChI is InChI=1S/C11H16F2N2O3/c1-17-9-3-4-15-7(10(9)18-2)5-14-6-8(16)11(12)13/h3-4,8,11,14,16H,5-6H2,1-2H3. The summed E-state index contributed by atoms with van der Waals surface area (Å²) >= 11 is 0. The number of nitrogens with zero attached hydrogens (tertiary/aromatic N) is 1. The van der Waals surface area contributed by atoms with Crippen LogP contribution in [0.25, 0.3) is 0 Å². The Labute approximate surface area is 104 Å². The minimum Gasteiger partial charge on any atom is -0.493 e. The monoisotopic (exact) mass is 262 g/mol. The molecule has 18 heavy (non-hydrogen) atoms. The summed E-state index contributed by atoms with van der Waals surface area (Å²) in [5.41, 5.74) is 0.526. The Morgan fingerprint density at radius 2 is 2.11 bits per heavy atom. The van der Waals surface area contributed by atoms with Crippen LogP contribution < -0.4 is 14.8 Å². The van der Waals surface area contributed by atoms with Crippen LogP contribution in [0.5, 0.6) is 11.5 Å². The quantitative estimate of drug-likeness (QED) is 0.761. The summed E-state index contributed by atoms with van der Waals surface area (Å²) in [6.45, 7) is -0.0239. The Morgan fingerprint density at radius 3 is 2.67 bits per heavy atom. The molecular formula is C11H16F2N2O3. The fourth-order valence-electron chi connectivity index (χ4n) is 1.40. The Balaban J connectivity index is 2.62. The SMILES string of the molecule is COc1ccnc(CNCC(O)C(F)F)c1OC. The predicted octanol–water partition coefficient (Wildman–Crippen LogP) is 0.814. The Bertz CT molecular complexity index is 377. The van der Waals surface area contributed by atoms with E-state index in [0.717, 1.165) is 0 Å². The number of nitrogens with one attached hydrogen (secondary N) is 1. The van der Waals surface area contributed by atoms with Crippen LogP contribution in [0.3, 0.4) is 0 Å². The van der Waals surface area contributed by atoms with E-state index in [4.69, 9.17) is 14.6 Å². The van der Waals surface area contributed by atoms with Crippen molar-refractivity contribution in [2.24, 2.45) is 0 Å². The molecule has 0 amide bonds. The Kier molecular flexibility index (Phi) is 5.73. The normalized spacial score (nSPS) is 12.6. The van der Waals surface area contributed by atoms with E-state index in [1.807, 2.05) is 0 Å². The lowest BCUT2D eigenvalue weighted by molar-refractivity contribution is -0.00346. The summed E-state index contributed by atoms with van der Waals surface area (Å²) in [7, 11) is 2.96. The second-order valence-electron chi connectivity index (χ2n) is 3.53. The number of alkyl halides is 2. The number of pyridine rings is 1. The van der Waals surface area contributed by atoms with E-state index in [2.05, 4.69) is 10.3 Å². The van der Waals surface area contributed by atoms with Crippen LogP contribution in [0, 0.1) is 0 Å². The summed E-state index contributed by atoms with van der Waals surface area (Å²) in [5.74, 6) is 0.956. The maximum Gasteiger partial charge on any atom is 0.265 e. The second-order valence-corrected chi connectivity index (χ2v) is 3.53. The van der Waals surface area contributed by atoms with E-state index in [9.17, 15) is 8.78 Å². The third-order valence-corrected chi connectivity index (χ3v) is 2.30. The van der Waals surface area contributed by atoms with Crippen LogP contribution in [0.1, 0.15) is 5.69 Å². The number of rotatable bonds is 7. The highest BCUT2D eigenvalue weighted by molar-refractivity contribution is 5.42. The highest BCUT2D eigenvalue weighted by Crippen LogP contribution is 2.28. The van der Waals surface area contributed by atoms with Gasteiger partial charge in [0, 0.05) is 25.4 Å². The first-order valence-electron chi connectivity index (χ1n) is 5.33. The first-order chi connectivity index (χ1) is 8.60. The molecule has 5 nitrogen and oxygen atoms in total. The van der Waals surface area contributed by atoms with Gasteiger partial charge in [-0.25, -0.2) is 8.78 Å². The number of aromatic nitrogens is 1. The number of halogens is 2. The zero-order valence-electron chi connectivity index (χ0n) is 10.2. The van der Waals surface area contributed by atoms with Gasteiger partial charge >= 0.3 is 0 Å². The lowest BCUT2D eigenvalue weighted by atomic mass is 10.3. The van der Waals surface area contributed by atoms with Gasteiger partial charge in [0.1, 0.15) is 6.10 Å². The smallest absolute Gasteiger partial charge is 0.265 e. The van der Waals surface area contributed by atoms with Crippen molar-refractivity contribution in [3.05, 3.63) is 18.0 Å². The van der Waals surface area contributed by atoms with Crippen molar-refractivity contribution in [1.29, 1.82) is 0 Å². The van der Waals surface area contributed by atoms with Gasteiger partial charge in [-0.3, -0.25) is 4.98 Å². The number of hydrogen-bond donors (Lipinski definition) is 2. The fraction of sp³-hybridized carbons (Fsp3) is 0.545. The number of aliphatic hydroxyl groups excluding tert-OH is 1. The zero-order chi connectivity index (χ0) is 13.5.